The summed E-state index contributed by atoms with van der Waals surface area (Å²) in [5.41, 5.74) is 1.63. The van der Waals surface area contributed by atoms with Crippen LogP contribution in [0.3, 0.4) is 0 Å². The van der Waals surface area contributed by atoms with E-state index in [1.807, 2.05) is 12.3 Å². The molecule has 1 aromatic carbocycles. The summed E-state index contributed by atoms with van der Waals surface area (Å²) in [6.07, 6.45) is 5.64. The third kappa shape index (κ3) is 3.70. The number of aromatic nitrogens is 2. The van der Waals surface area contributed by atoms with E-state index in [0.29, 0.717) is 11.3 Å². The lowest BCUT2D eigenvalue weighted by atomic mass is 9.71. The molecule has 5 heteroatoms. The predicted octanol–water partition coefficient (Wildman–Crippen LogP) is 3.37. The average molecular weight is 338 g/mol. The minimum absolute atomic E-state index is 0.340. The fourth-order valence-electron chi connectivity index (χ4n) is 3.54. The van der Waals surface area contributed by atoms with Crippen LogP contribution in [0.1, 0.15) is 26.2 Å². The summed E-state index contributed by atoms with van der Waals surface area (Å²) >= 11 is 0. The lowest BCUT2D eigenvalue weighted by Gasteiger charge is -2.38. The number of rotatable bonds is 5. The van der Waals surface area contributed by atoms with Gasteiger partial charge in [0.25, 0.3) is 0 Å². The van der Waals surface area contributed by atoms with E-state index in [4.69, 9.17) is 4.74 Å². The van der Waals surface area contributed by atoms with Gasteiger partial charge in [0.15, 0.2) is 0 Å². The van der Waals surface area contributed by atoms with Crippen LogP contribution in [0, 0.1) is 5.41 Å². The molecule has 1 aromatic heterocycles. The lowest BCUT2D eigenvalue weighted by molar-refractivity contribution is 0.0749. The molecule has 2 fully saturated rings. The summed E-state index contributed by atoms with van der Waals surface area (Å²) in [5, 5.41) is 0. The zero-order valence-electron chi connectivity index (χ0n) is 14.9. The van der Waals surface area contributed by atoms with Gasteiger partial charge in [-0.2, -0.15) is 4.98 Å². The van der Waals surface area contributed by atoms with E-state index in [2.05, 4.69) is 57.0 Å². The Morgan fingerprint density at radius 3 is 2.40 bits per heavy atom. The van der Waals surface area contributed by atoms with Gasteiger partial charge in [0, 0.05) is 49.5 Å². The molecule has 0 spiro atoms. The molecule has 1 aliphatic heterocycles. The molecule has 1 saturated heterocycles. The highest BCUT2D eigenvalue weighted by molar-refractivity contribution is 5.48. The van der Waals surface area contributed by atoms with Crippen LogP contribution >= 0.6 is 0 Å². The molecule has 1 saturated carbocycles. The van der Waals surface area contributed by atoms with Crippen molar-refractivity contribution in [2.45, 2.75) is 26.2 Å². The molecule has 2 heterocycles. The molecule has 2 aromatic rings. The van der Waals surface area contributed by atoms with Gasteiger partial charge in [-0.3, -0.25) is 0 Å². The normalized spacial score (nSPS) is 19.4. The highest BCUT2D eigenvalue weighted by Crippen LogP contribution is 2.40. The van der Waals surface area contributed by atoms with Crippen molar-refractivity contribution in [1.29, 1.82) is 0 Å². The van der Waals surface area contributed by atoms with Gasteiger partial charge < -0.3 is 14.5 Å². The SMILES string of the molecule is CC1(COc2ccnc(N3CCN(c4ccccc4)CC3)n2)CCC1. The van der Waals surface area contributed by atoms with Gasteiger partial charge in [-0.1, -0.05) is 31.5 Å². The Labute approximate surface area is 149 Å². The Kier molecular flexibility index (Phi) is 4.47. The summed E-state index contributed by atoms with van der Waals surface area (Å²) in [4.78, 5) is 13.7. The summed E-state index contributed by atoms with van der Waals surface area (Å²) in [6.45, 7) is 6.87. The Morgan fingerprint density at radius 1 is 1.00 bits per heavy atom. The van der Waals surface area contributed by atoms with E-state index in [0.717, 1.165) is 38.7 Å². The van der Waals surface area contributed by atoms with E-state index < -0.39 is 0 Å². The summed E-state index contributed by atoms with van der Waals surface area (Å²) in [5.74, 6) is 1.48. The van der Waals surface area contributed by atoms with Crippen molar-refractivity contribution in [1.82, 2.24) is 9.97 Å². The Bertz CT molecular complexity index is 694. The van der Waals surface area contributed by atoms with Gasteiger partial charge in [-0.15, -0.1) is 0 Å². The van der Waals surface area contributed by atoms with Crippen molar-refractivity contribution >= 4 is 11.6 Å². The molecule has 4 rings (SSSR count). The first kappa shape index (κ1) is 16.2. The molecule has 0 unspecified atom stereocenters. The number of piperazine rings is 1. The molecule has 132 valence electrons. The van der Waals surface area contributed by atoms with Crippen molar-refractivity contribution in [3.05, 3.63) is 42.6 Å². The number of nitrogens with zero attached hydrogens (tertiary/aromatic N) is 4. The molecular formula is C20H26N4O. The fraction of sp³-hybridized carbons (Fsp3) is 0.500. The Balaban J connectivity index is 1.35. The second kappa shape index (κ2) is 6.90. The molecule has 0 N–H and O–H groups in total. The van der Waals surface area contributed by atoms with Crippen LogP contribution in [0.2, 0.25) is 0 Å². The first-order valence-electron chi connectivity index (χ1n) is 9.23. The maximum absolute atomic E-state index is 5.95. The van der Waals surface area contributed by atoms with Gasteiger partial charge in [0.2, 0.25) is 11.8 Å². The molecular weight excluding hydrogens is 312 g/mol. The number of hydrogen-bond donors (Lipinski definition) is 0. The zero-order chi connectivity index (χ0) is 17.1. The van der Waals surface area contributed by atoms with Gasteiger partial charge in [-0.05, 0) is 25.0 Å². The lowest BCUT2D eigenvalue weighted by Crippen LogP contribution is -2.47. The van der Waals surface area contributed by atoms with Crippen molar-refractivity contribution in [3.8, 4) is 5.88 Å². The largest absolute Gasteiger partial charge is 0.477 e. The van der Waals surface area contributed by atoms with Crippen molar-refractivity contribution in [3.63, 3.8) is 0 Å². The molecule has 0 radical (unpaired) electrons. The van der Waals surface area contributed by atoms with Crippen molar-refractivity contribution in [2.75, 3.05) is 42.6 Å². The summed E-state index contributed by atoms with van der Waals surface area (Å²) in [6, 6.07) is 12.4. The van der Waals surface area contributed by atoms with E-state index in [1.165, 1.54) is 24.9 Å². The minimum atomic E-state index is 0.340. The molecule has 0 atom stereocenters. The van der Waals surface area contributed by atoms with E-state index in [1.54, 1.807) is 0 Å². The second-order valence-corrected chi connectivity index (χ2v) is 7.46. The van der Waals surface area contributed by atoms with Gasteiger partial charge >= 0.3 is 0 Å². The highest BCUT2D eigenvalue weighted by atomic mass is 16.5. The molecule has 1 aliphatic carbocycles. The molecule has 5 nitrogen and oxygen atoms in total. The van der Waals surface area contributed by atoms with Crippen LogP contribution < -0.4 is 14.5 Å². The fourth-order valence-corrected chi connectivity index (χ4v) is 3.54. The number of benzene rings is 1. The third-order valence-electron chi connectivity index (χ3n) is 5.43. The first-order chi connectivity index (χ1) is 12.2. The second-order valence-electron chi connectivity index (χ2n) is 7.46. The maximum Gasteiger partial charge on any atom is 0.228 e. The average Bonchev–Trinajstić information content (AvgIpc) is 2.66. The van der Waals surface area contributed by atoms with Crippen LogP contribution in [0.25, 0.3) is 0 Å². The predicted molar refractivity (Wildman–Crippen MR) is 100 cm³/mol. The standard InChI is InChI=1S/C20H26N4O/c1-20(9-5-10-20)16-25-18-8-11-21-19(22-18)24-14-12-23(13-15-24)17-6-3-2-4-7-17/h2-4,6-8,11H,5,9-10,12-16H2,1H3. The number of para-hydroxylation sites is 1. The van der Waals surface area contributed by atoms with Crippen molar-refractivity contribution < 1.29 is 4.74 Å². The van der Waals surface area contributed by atoms with Crippen LogP contribution in [0.4, 0.5) is 11.6 Å². The number of anilines is 2. The van der Waals surface area contributed by atoms with Crippen LogP contribution in [0.15, 0.2) is 42.6 Å². The maximum atomic E-state index is 5.95. The minimum Gasteiger partial charge on any atom is -0.477 e. The third-order valence-corrected chi connectivity index (χ3v) is 5.43. The van der Waals surface area contributed by atoms with Gasteiger partial charge in [0.1, 0.15) is 0 Å². The molecule has 2 aliphatic rings. The first-order valence-corrected chi connectivity index (χ1v) is 9.23. The zero-order valence-corrected chi connectivity index (χ0v) is 14.9. The Morgan fingerprint density at radius 2 is 1.72 bits per heavy atom. The smallest absolute Gasteiger partial charge is 0.228 e. The number of ether oxygens (including phenoxy) is 1. The van der Waals surface area contributed by atoms with E-state index >= 15 is 0 Å². The Hall–Kier alpha value is -2.30. The highest BCUT2D eigenvalue weighted by Gasteiger charge is 2.32. The van der Waals surface area contributed by atoms with Crippen molar-refractivity contribution in [2.24, 2.45) is 5.41 Å². The van der Waals surface area contributed by atoms with Crippen LogP contribution in [-0.2, 0) is 0 Å². The van der Waals surface area contributed by atoms with E-state index in [9.17, 15) is 0 Å². The van der Waals surface area contributed by atoms with Gasteiger partial charge in [-0.25, -0.2) is 4.98 Å². The topological polar surface area (TPSA) is 41.5 Å². The monoisotopic (exact) mass is 338 g/mol. The quantitative estimate of drug-likeness (QED) is 0.836. The molecule has 25 heavy (non-hydrogen) atoms. The molecule has 0 bridgehead atoms. The van der Waals surface area contributed by atoms with Crippen LogP contribution in [-0.4, -0.2) is 42.8 Å². The van der Waals surface area contributed by atoms with E-state index in [-0.39, 0.29) is 0 Å². The van der Waals surface area contributed by atoms with Crippen LogP contribution in [0.5, 0.6) is 5.88 Å². The summed E-state index contributed by atoms with van der Waals surface area (Å²) < 4.78 is 5.95. The molecule has 0 amide bonds. The summed E-state index contributed by atoms with van der Waals surface area (Å²) in [7, 11) is 0. The number of hydrogen-bond acceptors (Lipinski definition) is 5. The van der Waals surface area contributed by atoms with Gasteiger partial charge in [0.05, 0.1) is 6.61 Å².